The van der Waals surface area contributed by atoms with E-state index in [4.69, 9.17) is 14.2 Å². The molecule has 0 atom stereocenters. The zero-order valence-electron chi connectivity index (χ0n) is 16.6. The van der Waals surface area contributed by atoms with Gasteiger partial charge in [0.1, 0.15) is 0 Å². The smallest absolute Gasteiger partial charge is 0.250 e. The number of carbonyl (C=O) groups excluding carboxylic acids is 1. The van der Waals surface area contributed by atoms with Crippen molar-refractivity contribution in [3.05, 3.63) is 48.0 Å². The van der Waals surface area contributed by atoms with Gasteiger partial charge in [-0.15, -0.1) is 5.10 Å². The molecule has 0 aliphatic carbocycles. The molecular weight excluding hydrogens is 408 g/mol. The van der Waals surface area contributed by atoms with E-state index in [1.807, 2.05) is 30.3 Å². The van der Waals surface area contributed by atoms with Crippen LogP contribution in [0.4, 0.5) is 0 Å². The predicted molar refractivity (Wildman–Crippen MR) is 112 cm³/mol. The number of tetrazole rings is 1. The van der Waals surface area contributed by atoms with E-state index in [2.05, 4.69) is 26.1 Å². The van der Waals surface area contributed by atoms with Crippen LogP contribution in [0.5, 0.6) is 17.2 Å². The lowest BCUT2D eigenvalue weighted by atomic mass is 10.2. The highest BCUT2D eigenvalue weighted by atomic mass is 32.2. The largest absolute Gasteiger partial charge is 0.493 e. The van der Waals surface area contributed by atoms with Gasteiger partial charge in [0, 0.05) is 5.56 Å². The van der Waals surface area contributed by atoms with Crippen LogP contribution >= 0.6 is 11.8 Å². The normalized spacial score (nSPS) is 10.8. The lowest BCUT2D eigenvalue weighted by Gasteiger charge is -2.13. The number of rotatable bonds is 9. The molecule has 0 bridgehead atoms. The summed E-state index contributed by atoms with van der Waals surface area (Å²) in [4.78, 5) is 12.2. The molecule has 156 valence electrons. The SMILES string of the molecule is COc1ccc(/C=N\NC(=O)CSc2nnnn2-c2ccccc2)c(OC)c1OC. The van der Waals surface area contributed by atoms with Gasteiger partial charge in [-0.1, -0.05) is 30.0 Å². The van der Waals surface area contributed by atoms with E-state index in [-0.39, 0.29) is 11.7 Å². The Kier molecular flexibility index (Phi) is 7.22. The maximum Gasteiger partial charge on any atom is 0.250 e. The van der Waals surface area contributed by atoms with Gasteiger partial charge in [-0.05, 0) is 34.7 Å². The van der Waals surface area contributed by atoms with Crippen LogP contribution in [0.3, 0.4) is 0 Å². The Labute approximate surface area is 177 Å². The van der Waals surface area contributed by atoms with Crippen LogP contribution in [-0.2, 0) is 4.79 Å². The third-order valence-electron chi connectivity index (χ3n) is 3.90. The Bertz CT molecular complexity index is 1030. The molecule has 0 saturated heterocycles. The minimum absolute atomic E-state index is 0.0909. The summed E-state index contributed by atoms with van der Waals surface area (Å²) in [5, 5.41) is 16.1. The first kappa shape index (κ1) is 21.1. The highest BCUT2D eigenvalue weighted by Gasteiger charge is 2.15. The van der Waals surface area contributed by atoms with E-state index in [0.717, 1.165) is 5.69 Å². The highest BCUT2D eigenvalue weighted by Crippen LogP contribution is 2.38. The average molecular weight is 428 g/mol. The maximum atomic E-state index is 12.2. The number of hydrogen-bond donors (Lipinski definition) is 1. The van der Waals surface area contributed by atoms with Gasteiger partial charge in [0.15, 0.2) is 11.5 Å². The fraction of sp³-hybridized carbons (Fsp3) is 0.211. The Hall–Kier alpha value is -3.60. The van der Waals surface area contributed by atoms with Crippen molar-refractivity contribution < 1.29 is 19.0 Å². The fourth-order valence-corrected chi connectivity index (χ4v) is 3.25. The van der Waals surface area contributed by atoms with E-state index in [9.17, 15) is 4.79 Å². The molecule has 3 aromatic rings. The van der Waals surface area contributed by atoms with E-state index < -0.39 is 0 Å². The van der Waals surface area contributed by atoms with Crippen molar-refractivity contribution in [2.24, 2.45) is 5.10 Å². The number of nitrogens with zero attached hydrogens (tertiary/aromatic N) is 5. The van der Waals surface area contributed by atoms with Gasteiger partial charge in [0.2, 0.25) is 10.9 Å². The topological polar surface area (TPSA) is 113 Å². The molecule has 1 N–H and O–H groups in total. The number of amides is 1. The second-order valence-electron chi connectivity index (χ2n) is 5.71. The van der Waals surface area contributed by atoms with Gasteiger partial charge >= 0.3 is 0 Å². The number of para-hydroxylation sites is 1. The molecule has 0 unspecified atom stereocenters. The molecule has 1 heterocycles. The quantitative estimate of drug-likeness (QED) is 0.313. The summed E-state index contributed by atoms with van der Waals surface area (Å²) < 4.78 is 17.5. The minimum Gasteiger partial charge on any atom is -0.493 e. The lowest BCUT2D eigenvalue weighted by molar-refractivity contribution is -0.118. The summed E-state index contributed by atoms with van der Waals surface area (Å²) in [5.74, 6) is 1.21. The van der Waals surface area contributed by atoms with Crippen molar-refractivity contribution in [3.63, 3.8) is 0 Å². The minimum atomic E-state index is -0.307. The third-order valence-corrected chi connectivity index (χ3v) is 4.82. The molecule has 0 saturated carbocycles. The van der Waals surface area contributed by atoms with Crippen molar-refractivity contribution in [3.8, 4) is 22.9 Å². The Morgan fingerprint density at radius 2 is 1.87 bits per heavy atom. The summed E-state index contributed by atoms with van der Waals surface area (Å²) in [7, 11) is 4.57. The summed E-state index contributed by atoms with van der Waals surface area (Å²) in [6.45, 7) is 0. The number of benzene rings is 2. The second kappa shape index (κ2) is 10.3. The number of thioether (sulfide) groups is 1. The maximum absolute atomic E-state index is 12.2. The first-order chi connectivity index (χ1) is 14.7. The first-order valence-electron chi connectivity index (χ1n) is 8.75. The molecule has 0 radical (unpaired) electrons. The van der Waals surface area contributed by atoms with E-state index >= 15 is 0 Å². The van der Waals surface area contributed by atoms with E-state index in [0.29, 0.717) is 28.0 Å². The van der Waals surface area contributed by atoms with Gasteiger partial charge < -0.3 is 14.2 Å². The van der Waals surface area contributed by atoms with Gasteiger partial charge in [-0.3, -0.25) is 4.79 Å². The van der Waals surface area contributed by atoms with Crippen LogP contribution in [0.1, 0.15) is 5.56 Å². The number of aromatic nitrogens is 4. The number of hydrazone groups is 1. The molecule has 2 aromatic carbocycles. The van der Waals surface area contributed by atoms with Crippen molar-refractivity contribution in [2.45, 2.75) is 5.16 Å². The molecule has 10 nitrogen and oxygen atoms in total. The van der Waals surface area contributed by atoms with Gasteiger partial charge in [0.25, 0.3) is 5.91 Å². The van der Waals surface area contributed by atoms with Crippen LogP contribution in [0.2, 0.25) is 0 Å². The molecule has 1 amide bonds. The standard InChI is InChI=1S/C19H20N6O4S/c1-27-15-10-9-13(17(28-2)18(15)29-3)11-20-21-16(26)12-30-19-22-23-24-25(19)14-7-5-4-6-8-14/h4-11H,12H2,1-3H3,(H,21,26)/b20-11-. The molecule has 0 spiro atoms. The Morgan fingerprint density at radius 1 is 1.10 bits per heavy atom. The van der Waals surface area contributed by atoms with E-state index in [1.54, 1.807) is 16.8 Å². The van der Waals surface area contributed by atoms with Gasteiger partial charge in [0.05, 0.1) is 39.0 Å². The highest BCUT2D eigenvalue weighted by molar-refractivity contribution is 7.99. The number of hydrogen-bond acceptors (Lipinski definition) is 9. The first-order valence-corrected chi connectivity index (χ1v) is 9.74. The number of methoxy groups -OCH3 is 3. The van der Waals surface area contributed by atoms with Crippen LogP contribution in [0.25, 0.3) is 5.69 Å². The number of carbonyl (C=O) groups is 1. The van der Waals surface area contributed by atoms with Crippen LogP contribution in [0, 0.1) is 0 Å². The van der Waals surface area contributed by atoms with Crippen molar-refractivity contribution in [1.29, 1.82) is 0 Å². The van der Waals surface area contributed by atoms with Gasteiger partial charge in [-0.2, -0.15) is 9.78 Å². The summed E-state index contributed by atoms with van der Waals surface area (Å²) in [6.07, 6.45) is 1.47. The molecular formula is C19H20N6O4S. The zero-order chi connectivity index (χ0) is 21.3. The average Bonchev–Trinajstić information content (AvgIpc) is 3.26. The third kappa shape index (κ3) is 4.87. The second-order valence-corrected chi connectivity index (χ2v) is 6.66. The number of ether oxygens (including phenoxy) is 3. The molecule has 11 heteroatoms. The van der Waals surface area contributed by atoms with Crippen molar-refractivity contribution >= 4 is 23.9 Å². The fourth-order valence-electron chi connectivity index (χ4n) is 2.56. The summed E-state index contributed by atoms with van der Waals surface area (Å²) in [6, 6.07) is 12.9. The summed E-state index contributed by atoms with van der Waals surface area (Å²) >= 11 is 1.20. The van der Waals surface area contributed by atoms with Crippen molar-refractivity contribution in [1.82, 2.24) is 25.6 Å². The summed E-state index contributed by atoms with van der Waals surface area (Å²) in [5.41, 5.74) is 3.91. The molecule has 30 heavy (non-hydrogen) atoms. The Morgan fingerprint density at radius 3 is 2.57 bits per heavy atom. The number of nitrogens with one attached hydrogen (secondary N) is 1. The van der Waals surface area contributed by atoms with Crippen LogP contribution < -0.4 is 19.6 Å². The monoisotopic (exact) mass is 428 g/mol. The van der Waals surface area contributed by atoms with Crippen LogP contribution in [-0.4, -0.2) is 59.4 Å². The molecule has 1 aromatic heterocycles. The zero-order valence-corrected chi connectivity index (χ0v) is 17.4. The lowest BCUT2D eigenvalue weighted by Crippen LogP contribution is -2.20. The van der Waals surface area contributed by atoms with E-state index in [1.165, 1.54) is 39.3 Å². The van der Waals surface area contributed by atoms with Crippen molar-refractivity contribution in [2.75, 3.05) is 27.1 Å². The molecule has 0 aliphatic rings. The molecule has 0 fully saturated rings. The molecule has 0 aliphatic heterocycles. The van der Waals surface area contributed by atoms with Gasteiger partial charge in [-0.25, -0.2) is 5.43 Å². The van der Waals surface area contributed by atoms with Crippen LogP contribution in [0.15, 0.2) is 52.7 Å². The molecule has 3 rings (SSSR count). The predicted octanol–water partition coefficient (Wildman–Crippen LogP) is 1.93. The Balaban J connectivity index is 1.61.